The Balaban J connectivity index is 2.08. The van der Waals surface area contributed by atoms with E-state index in [-0.39, 0.29) is 24.8 Å². The minimum atomic E-state index is -0.863. The van der Waals surface area contributed by atoms with Gasteiger partial charge in [0, 0.05) is 24.5 Å². The summed E-state index contributed by atoms with van der Waals surface area (Å²) in [5.74, 6) is -2.25. The van der Waals surface area contributed by atoms with Gasteiger partial charge < -0.3 is 19.1 Å². The Morgan fingerprint density at radius 2 is 1.71 bits per heavy atom. The summed E-state index contributed by atoms with van der Waals surface area (Å²) in [4.78, 5) is 49.4. The molecule has 1 amide bonds. The minimum Gasteiger partial charge on any atom is -0.466 e. The zero-order valence-corrected chi connectivity index (χ0v) is 16.0. The number of carbonyl (C=O) groups excluding carboxylic acids is 4. The molecule has 150 valence electrons. The second-order valence-electron chi connectivity index (χ2n) is 6.55. The molecule has 1 aliphatic rings. The van der Waals surface area contributed by atoms with Crippen molar-refractivity contribution in [1.82, 2.24) is 4.90 Å². The molecule has 0 saturated carbocycles. The number of amides is 1. The van der Waals surface area contributed by atoms with Gasteiger partial charge in [0.05, 0.1) is 13.7 Å². The topological polar surface area (TPSA) is 99.2 Å². The molecule has 28 heavy (non-hydrogen) atoms. The Morgan fingerprint density at radius 1 is 1.07 bits per heavy atom. The summed E-state index contributed by atoms with van der Waals surface area (Å²) in [5, 5.41) is 0. The highest BCUT2D eigenvalue weighted by Gasteiger charge is 2.42. The fourth-order valence-corrected chi connectivity index (χ4v) is 2.76. The first-order valence-corrected chi connectivity index (χ1v) is 8.85. The molecule has 8 nitrogen and oxygen atoms in total. The van der Waals surface area contributed by atoms with Crippen molar-refractivity contribution in [3.05, 3.63) is 42.5 Å². The minimum absolute atomic E-state index is 0.0728. The Labute approximate surface area is 163 Å². The fraction of sp³-hybridized carbons (Fsp3) is 0.400. The van der Waals surface area contributed by atoms with Gasteiger partial charge in [-0.2, -0.15) is 0 Å². The molecular weight excluding hydrogens is 366 g/mol. The summed E-state index contributed by atoms with van der Waals surface area (Å²) in [6.07, 6.45) is 1.30. The van der Waals surface area contributed by atoms with Crippen LogP contribution in [0.5, 0.6) is 5.75 Å². The first kappa shape index (κ1) is 21.1. The number of para-hydroxylation sites is 1. The van der Waals surface area contributed by atoms with Gasteiger partial charge in [-0.1, -0.05) is 32.0 Å². The van der Waals surface area contributed by atoms with Crippen LogP contribution in [0, 0.1) is 5.92 Å². The maximum Gasteiger partial charge on any atom is 0.334 e. The first-order chi connectivity index (χ1) is 13.3. The molecule has 0 unspecified atom stereocenters. The number of nitrogens with zero attached hydrogens (tertiary/aromatic N) is 1. The van der Waals surface area contributed by atoms with Gasteiger partial charge >= 0.3 is 17.9 Å². The van der Waals surface area contributed by atoms with Crippen molar-refractivity contribution < 1.29 is 33.4 Å². The number of hydrogen-bond donors (Lipinski definition) is 0. The van der Waals surface area contributed by atoms with Crippen molar-refractivity contribution >= 4 is 23.8 Å². The van der Waals surface area contributed by atoms with Gasteiger partial charge in [-0.05, 0) is 12.1 Å². The van der Waals surface area contributed by atoms with Gasteiger partial charge in [-0.15, -0.1) is 0 Å². The number of likely N-dealkylation sites (tertiary alicyclic amines) is 1. The lowest BCUT2D eigenvalue weighted by molar-refractivity contribution is -0.147. The Bertz CT molecular complexity index is 757. The molecule has 1 aliphatic heterocycles. The molecule has 1 heterocycles. The number of carbonyl (C=O) groups is 4. The molecule has 1 fully saturated rings. The van der Waals surface area contributed by atoms with Crippen LogP contribution in [0.15, 0.2) is 42.5 Å². The average molecular weight is 389 g/mol. The molecule has 2 rings (SSSR count). The Morgan fingerprint density at radius 3 is 2.32 bits per heavy atom. The van der Waals surface area contributed by atoms with Gasteiger partial charge in [-0.3, -0.25) is 4.79 Å². The van der Waals surface area contributed by atoms with Crippen LogP contribution >= 0.6 is 0 Å². The standard InChI is InChI=1S/C20H23NO7/c1-13(2)19(24)21-12-15(27-18(23)10-9-17(22)26-3)11-16(21)20(25)28-14-7-5-4-6-8-14/h4-10,13,15-16H,11-12H2,1-3H3/b10-9+/t15-,16+/m1/s1. The summed E-state index contributed by atoms with van der Waals surface area (Å²) >= 11 is 0. The second-order valence-corrected chi connectivity index (χ2v) is 6.55. The van der Waals surface area contributed by atoms with Gasteiger partial charge in [0.1, 0.15) is 17.9 Å². The van der Waals surface area contributed by atoms with E-state index in [0.717, 1.165) is 12.2 Å². The first-order valence-electron chi connectivity index (χ1n) is 8.85. The van der Waals surface area contributed by atoms with Crippen LogP contribution in [0.2, 0.25) is 0 Å². The van der Waals surface area contributed by atoms with Crippen LogP contribution in [0.3, 0.4) is 0 Å². The molecule has 0 aromatic heterocycles. The molecular formula is C20H23NO7. The SMILES string of the molecule is COC(=O)/C=C/C(=O)O[C@@H]1C[C@@H](C(=O)Oc2ccccc2)N(C(=O)C(C)C)C1. The van der Waals surface area contributed by atoms with Crippen molar-refractivity contribution in [3.63, 3.8) is 0 Å². The lowest BCUT2D eigenvalue weighted by Gasteiger charge is -2.24. The molecule has 2 atom stereocenters. The normalized spacial score (nSPS) is 18.9. The third-order valence-electron chi connectivity index (χ3n) is 4.11. The maximum atomic E-state index is 12.6. The molecule has 0 aliphatic carbocycles. The predicted octanol–water partition coefficient (Wildman–Crippen LogP) is 1.49. The van der Waals surface area contributed by atoms with Crippen LogP contribution in [0.1, 0.15) is 20.3 Å². The van der Waals surface area contributed by atoms with Crippen molar-refractivity contribution in [3.8, 4) is 5.75 Å². The van der Waals surface area contributed by atoms with E-state index in [4.69, 9.17) is 9.47 Å². The van der Waals surface area contributed by atoms with E-state index in [1.165, 1.54) is 12.0 Å². The van der Waals surface area contributed by atoms with Gasteiger partial charge in [0.2, 0.25) is 5.91 Å². The van der Waals surface area contributed by atoms with Crippen molar-refractivity contribution in [2.75, 3.05) is 13.7 Å². The average Bonchev–Trinajstić information content (AvgIpc) is 3.09. The molecule has 8 heteroatoms. The second kappa shape index (κ2) is 9.68. The number of esters is 3. The van der Waals surface area contributed by atoms with Crippen LogP contribution in [0.4, 0.5) is 0 Å². The van der Waals surface area contributed by atoms with Crippen molar-refractivity contribution in [1.29, 1.82) is 0 Å². The largest absolute Gasteiger partial charge is 0.466 e. The highest BCUT2D eigenvalue weighted by molar-refractivity contribution is 5.92. The predicted molar refractivity (Wildman–Crippen MR) is 98.1 cm³/mol. The van der Waals surface area contributed by atoms with Crippen LogP contribution < -0.4 is 4.74 Å². The highest BCUT2D eigenvalue weighted by Crippen LogP contribution is 2.25. The number of hydrogen-bond acceptors (Lipinski definition) is 7. The van der Waals surface area contributed by atoms with E-state index >= 15 is 0 Å². The van der Waals surface area contributed by atoms with E-state index < -0.39 is 30.1 Å². The molecule has 0 radical (unpaired) electrons. The van der Waals surface area contributed by atoms with Crippen LogP contribution in [-0.2, 0) is 28.7 Å². The van der Waals surface area contributed by atoms with Crippen LogP contribution in [-0.4, -0.2) is 54.5 Å². The Hall–Kier alpha value is -3.16. The lowest BCUT2D eigenvalue weighted by Crippen LogP contribution is -2.44. The summed E-state index contributed by atoms with van der Waals surface area (Å²) in [6, 6.07) is 7.66. The van der Waals surface area contributed by atoms with E-state index in [0.29, 0.717) is 5.75 Å². The van der Waals surface area contributed by atoms with E-state index in [9.17, 15) is 19.2 Å². The van der Waals surface area contributed by atoms with Gasteiger partial charge in [-0.25, -0.2) is 14.4 Å². The molecule has 1 saturated heterocycles. The molecule has 0 bridgehead atoms. The summed E-state index contributed by atoms with van der Waals surface area (Å²) in [6.45, 7) is 3.52. The number of ether oxygens (including phenoxy) is 3. The monoisotopic (exact) mass is 389 g/mol. The van der Waals surface area contributed by atoms with E-state index in [1.807, 2.05) is 0 Å². The zero-order valence-electron chi connectivity index (χ0n) is 16.0. The lowest BCUT2D eigenvalue weighted by atomic mass is 10.1. The molecule has 1 aromatic rings. The molecule has 0 N–H and O–H groups in total. The number of rotatable bonds is 6. The third-order valence-corrected chi connectivity index (χ3v) is 4.11. The Kier molecular flexibility index (Phi) is 7.31. The quantitative estimate of drug-likeness (QED) is 0.413. The number of methoxy groups -OCH3 is 1. The summed E-state index contributed by atoms with van der Waals surface area (Å²) < 4.78 is 15.0. The summed E-state index contributed by atoms with van der Waals surface area (Å²) in [5.41, 5.74) is 0. The zero-order chi connectivity index (χ0) is 20.7. The highest BCUT2D eigenvalue weighted by atomic mass is 16.6. The van der Waals surface area contributed by atoms with Crippen molar-refractivity contribution in [2.45, 2.75) is 32.4 Å². The molecule has 0 spiro atoms. The van der Waals surface area contributed by atoms with E-state index in [1.54, 1.807) is 44.2 Å². The maximum absolute atomic E-state index is 12.6. The fourth-order valence-electron chi connectivity index (χ4n) is 2.76. The van der Waals surface area contributed by atoms with Gasteiger partial charge in [0.15, 0.2) is 0 Å². The molecule has 1 aromatic carbocycles. The smallest absolute Gasteiger partial charge is 0.334 e. The third kappa shape index (κ3) is 5.67. The van der Waals surface area contributed by atoms with Crippen molar-refractivity contribution in [2.24, 2.45) is 5.92 Å². The number of benzene rings is 1. The van der Waals surface area contributed by atoms with Gasteiger partial charge in [0.25, 0.3) is 0 Å². The van der Waals surface area contributed by atoms with Crippen LogP contribution in [0.25, 0.3) is 0 Å². The summed E-state index contributed by atoms with van der Waals surface area (Å²) in [7, 11) is 1.19. The van der Waals surface area contributed by atoms with E-state index in [2.05, 4.69) is 4.74 Å².